The Kier molecular flexibility index (Phi) is 7.46. The molecule has 13 heteroatoms. The van der Waals surface area contributed by atoms with Gasteiger partial charge in [-0.3, -0.25) is 20.8 Å². The van der Waals surface area contributed by atoms with Gasteiger partial charge in [-0.15, -0.1) is 0 Å². The Labute approximate surface area is 172 Å². The molecule has 0 aliphatic rings. The molecule has 12 nitrogen and oxygen atoms in total. The molecule has 2 aromatic rings. The van der Waals surface area contributed by atoms with E-state index in [0.29, 0.717) is 11.3 Å². The first-order chi connectivity index (χ1) is 14.1. The van der Waals surface area contributed by atoms with E-state index in [1.807, 2.05) is 20.8 Å². The van der Waals surface area contributed by atoms with Crippen LogP contribution in [0.15, 0.2) is 33.5 Å². The standard InChI is InChI=1S/C17H21N4O8P/c1-5-8(2)9(3)14(10(4)19-23)16-18-17(28-20-16)11-6-12(21(24)25)15(22)13(7-11)29-30(26)27/h6-7,19,22-23,26-27H,5H2,1-4H3/b9-8-,14-10+. The zero-order valence-corrected chi connectivity index (χ0v) is 17.5. The Morgan fingerprint density at radius 1 is 1.33 bits per heavy atom. The highest BCUT2D eigenvalue weighted by molar-refractivity contribution is 7.39. The molecule has 0 aliphatic heterocycles. The summed E-state index contributed by atoms with van der Waals surface area (Å²) >= 11 is 0. The molecule has 2 rings (SSSR count). The Morgan fingerprint density at radius 2 is 2.00 bits per heavy atom. The molecule has 162 valence electrons. The highest BCUT2D eigenvalue weighted by Crippen LogP contribution is 2.44. The van der Waals surface area contributed by atoms with Gasteiger partial charge in [0.2, 0.25) is 11.6 Å². The number of nitrogens with zero attached hydrogens (tertiary/aromatic N) is 3. The van der Waals surface area contributed by atoms with E-state index in [1.165, 1.54) is 0 Å². The minimum Gasteiger partial charge on any atom is -0.500 e. The first-order valence-electron chi connectivity index (χ1n) is 8.60. The maximum atomic E-state index is 11.2. The minimum absolute atomic E-state index is 0.00732. The molecule has 30 heavy (non-hydrogen) atoms. The van der Waals surface area contributed by atoms with E-state index in [9.17, 15) is 20.4 Å². The van der Waals surface area contributed by atoms with Gasteiger partial charge in [0.25, 0.3) is 5.89 Å². The van der Waals surface area contributed by atoms with E-state index in [4.69, 9.17) is 14.3 Å². The van der Waals surface area contributed by atoms with E-state index in [0.717, 1.165) is 29.7 Å². The van der Waals surface area contributed by atoms with Crippen molar-refractivity contribution in [2.24, 2.45) is 0 Å². The number of nitro benzene ring substituents is 1. The van der Waals surface area contributed by atoms with Crippen LogP contribution in [-0.2, 0) is 0 Å². The van der Waals surface area contributed by atoms with Crippen LogP contribution in [0.2, 0.25) is 0 Å². The molecule has 1 aromatic carbocycles. The highest BCUT2D eigenvalue weighted by atomic mass is 31.2. The summed E-state index contributed by atoms with van der Waals surface area (Å²) in [5.74, 6) is -1.45. The van der Waals surface area contributed by atoms with Crippen molar-refractivity contribution >= 4 is 19.9 Å². The number of phenolic OH excluding ortho intramolecular Hbond substituents is 1. The molecule has 0 amide bonds. The summed E-state index contributed by atoms with van der Waals surface area (Å²) in [6.07, 6.45) is 0.745. The SMILES string of the molecule is CC/C(C)=C(C)\C(=C(\C)NO)c1noc(-c2cc(OP(O)O)c(O)c([N+](=O)[O-])c2)n1. The van der Waals surface area contributed by atoms with Crippen molar-refractivity contribution in [1.82, 2.24) is 15.6 Å². The van der Waals surface area contributed by atoms with E-state index >= 15 is 0 Å². The van der Waals surface area contributed by atoms with Crippen LogP contribution in [0.3, 0.4) is 0 Å². The predicted molar refractivity (Wildman–Crippen MR) is 106 cm³/mol. The molecule has 0 radical (unpaired) electrons. The summed E-state index contributed by atoms with van der Waals surface area (Å²) in [5.41, 5.74) is 3.98. The number of hydrogen-bond donors (Lipinski definition) is 5. The second-order valence-electron chi connectivity index (χ2n) is 6.24. The van der Waals surface area contributed by atoms with Gasteiger partial charge in [-0.05, 0) is 38.8 Å². The summed E-state index contributed by atoms with van der Waals surface area (Å²) < 4.78 is 9.88. The smallest absolute Gasteiger partial charge is 0.391 e. The quantitative estimate of drug-likeness (QED) is 0.175. The minimum atomic E-state index is -2.94. The second-order valence-corrected chi connectivity index (χ2v) is 6.93. The van der Waals surface area contributed by atoms with Crippen molar-refractivity contribution in [3.8, 4) is 23.0 Å². The zero-order valence-electron chi connectivity index (χ0n) is 16.6. The Bertz CT molecular complexity index is 1020. The molecular formula is C17H21N4O8P. The normalized spacial score (nSPS) is 13.1. The van der Waals surface area contributed by atoms with Crippen molar-refractivity contribution < 1.29 is 34.1 Å². The molecule has 0 aliphatic carbocycles. The number of nitro groups is 1. The van der Waals surface area contributed by atoms with Gasteiger partial charge in [-0.1, -0.05) is 17.7 Å². The van der Waals surface area contributed by atoms with Crippen molar-refractivity contribution in [3.63, 3.8) is 0 Å². The van der Waals surface area contributed by atoms with Gasteiger partial charge in [-0.2, -0.15) is 4.98 Å². The van der Waals surface area contributed by atoms with Crippen LogP contribution < -0.4 is 10.0 Å². The molecule has 0 bridgehead atoms. The highest BCUT2D eigenvalue weighted by Gasteiger charge is 2.25. The van der Waals surface area contributed by atoms with Gasteiger partial charge in [-0.25, -0.2) is 0 Å². The van der Waals surface area contributed by atoms with Crippen LogP contribution in [0.1, 0.15) is 39.9 Å². The topological polar surface area (TPSA) is 184 Å². The molecule has 0 atom stereocenters. The first kappa shape index (κ1) is 23.2. The lowest BCUT2D eigenvalue weighted by molar-refractivity contribution is -0.385. The Morgan fingerprint density at radius 3 is 2.53 bits per heavy atom. The summed E-state index contributed by atoms with van der Waals surface area (Å²) in [6.45, 7) is 7.32. The largest absolute Gasteiger partial charge is 0.500 e. The molecule has 0 saturated heterocycles. The number of rotatable bonds is 8. The van der Waals surface area contributed by atoms with E-state index in [1.54, 1.807) is 6.92 Å². The molecule has 5 N–H and O–H groups in total. The number of aromatic hydroxyl groups is 1. The lowest BCUT2D eigenvalue weighted by Crippen LogP contribution is -2.08. The number of allylic oxidation sites excluding steroid dienone is 4. The van der Waals surface area contributed by atoms with Crippen molar-refractivity contribution in [1.29, 1.82) is 0 Å². The number of benzene rings is 1. The van der Waals surface area contributed by atoms with Crippen LogP contribution in [0, 0.1) is 10.1 Å². The van der Waals surface area contributed by atoms with Gasteiger partial charge in [0, 0.05) is 17.3 Å². The Hall–Kier alpha value is -3.05. The molecule has 1 aromatic heterocycles. The monoisotopic (exact) mass is 440 g/mol. The lowest BCUT2D eigenvalue weighted by Gasteiger charge is -2.11. The second kappa shape index (κ2) is 9.63. The average molecular weight is 440 g/mol. The fourth-order valence-electron chi connectivity index (χ4n) is 2.61. The van der Waals surface area contributed by atoms with Gasteiger partial charge in [0.1, 0.15) is 0 Å². The number of hydroxylamine groups is 1. The average Bonchev–Trinajstić information content (AvgIpc) is 3.17. The van der Waals surface area contributed by atoms with E-state index in [2.05, 4.69) is 20.1 Å². The van der Waals surface area contributed by atoms with Crippen molar-refractivity contribution in [3.05, 3.63) is 44.9 Å². The van der Waals surface area contributed by atoms with Crippen LogP contribution in [0.25, 0.3) is 17.0 Å². The number of nitrogens with one attached hydrogen (secondary N) is 1. The van der Waals surface area contributed by atoms with Gasteiger partial charge >= 0.3 is 14.3 Å². The molecule has 0 fully saturated rings. The van der Waals surface area contributed by atoms with E-state index < -0.39 is 30.7 Å². The van der Waals surface area contributed by atoms with Crippen LogP contribution in [0.4, 0.5) is 5.69 Å². The predicted octanol–water partition coefficient (Wildman–Crippen LogP) is 3.40. The maximum Gasteiger partial charge on any atom is 0.391 e. The third kappa shape index (κ3) is 4.92. The summed E-state index contributed by atoms with van der Waals surface area (Å²) in [5, 5.41) is 34.4. The third-order valence-corrected chi connectivity index (χ3v) is 4.78. The fraction of sp³-hybridized carbons (Fsp3) is 0.294. The molecular weight excluding hydrogens is 419 g/mol. The third-order valence-electron chi connectivity index (χ3n) is 4.42. The van der Waals surface area contributed by atoms with Crippen LogP contribution >= 0.6 is 8.60 Å². The van der Waals surface area contributed by atoms with Crippen molar-refractivity contribution in [2.45, 2.75) is 34.1 Å². The van der Waals surface area contributed by atoms with Crippen molar-refractivity contribution in [2.75, 3.05) is 0 Å². The fourth-order valence-corrected chi connectivity index (χ4v) is 2.92. The van der Waals surface area contributed by atoms with Gasteiger partial charge < -0.3 is 23.9 Å². The van der Waals surface area contributed by atoms with Crippen LogP contribution in [-0.4, -0.2) is 35.2 Å². The first-order valence-corrected chi connectivity index (χ1v) is 9.76. The molecule has 1 heterocycles. The van der Waals surface area contributed by atoms with Crippen LogP contribution in [0.5, 0.6) is 11.5 Å². The number of aromatic nitrogens is 2. The molecule has 0 saturated carbocycles. The summed E-state index contributed by atoms with van der Waals surface area (Å²) in [4.78, 5) is 32.7. The zero-order chi connectivity index (χ0) is 22.6. The maximum absolute atomic E-state index is 11.2. The molecule has 0 unspecified atom stereocenters. The number of hydrogen-bond acceptors (Lipinski definition) is 11. The van der Waals surface area contributed by atoms with E-state index in [-0.39, 0.29) is 17.3 Å². The summed E-state index contributed by atoms with van der Waals surface area (Å²) in [7, 11) is -2.94. The van der Waals surface area contributed by atoms with Gasteiger partial charge in [0.15, 0.2) is 5.75 Å². The summed E-state index contributed by atoms with van der Waals surface area (Å²) in [6, 6.07) is 2.08. The Balaban J connectivity index is 2.64. The van der Waals surface area contributed by atoms with Gasteiger partial charge in [0.05, 0.1) is 10.5 Å². The number of phenols is 1. The lowest BCUT2D eigenvalue weighted by atomic mass is 9.99. The molecule has 0 spiro atoms.